The van der Waals surface area contributed by atoms with Crippen LogP contribution in [-0.2, 0) is 5.41 Å². The molecule has 0 spiro atoms. The van der Waals surface area contributed by atoms with Crippen molar-refractivity contribution in [2.24, 2.45) is 0 Å². The average Bonchev–Trinajstić information content (AvgIpc) is 3.84. The topological polar surface area (TPSA) is 16.4 Å². The van der Waals surface area contributed by atoms with E-state index in [1.807, 2.05) is 6.07 Å². The molecular weight excluding hydrogens is 763 g/mol. The highest BCUT2D eigenvalue weighted by Gasteiger charge is 2.37. The first-order chi connectivity index (χ1) is 31.1. The number of para-hydroxylation sites is 5. The molecule has 10 aromatic carbocycles. The molecule has 0 bridgehead atoms. The minimum Gasteiger partial charge on any atom is -0.455 e. The van der Waals surface area contributed by atoms with Crippen molar-refractivity contribution in [3.8, 4) is 55.6 Å². The number of hydrogen-bond acceptors (Lipinski definition) is 2. The summed E-state index contributed by atoms with van der Waals surface area (Å²) in [6.07, 6.45) is 0. The Balaban J connectivity index is 1.17. The molecule has 11 aromatic rings. The van der Waals surface area contributed by atoms with E-state index in [1.165, 1.54) is 55.3 Å². The van der Waals surface area contributed by atoms with Crippen LogP contribution in [0.2, 0.25) is 0 Å². The van der Waals surface area contributed by atoms with E-state index in [0.717, 1.165) is 61.3 Å². The molecule has 0 fully saturated rings. The molecule has 0 N–H and O–H groups in total. The van der Waals surface area contributed by atoms with Gasteiger partial charge in [0.15, 0.2) is 0 Å². The Hall–Kier alpha value is -7.94. The minimum atomic E-state index is -0.133. The van der Waals surface area contributed by atoms with Crippen molar-refractivity contribution in [1.82, 2.24) is 0 Å². The highest BCUT2D eigenvalue weighted by atomic mass is 16.3. The van der Waals surface area contributed by atoms with E-state index in [0.29, 0.717) is 0 Å². The predicted molar refractivity (Wildman–Crippen MR) is 265 cm³/mol. The lowest BCUT2D eigenvalue weighted by molar-refractivity contribution is 0.660. The quantitative estimate of drug-likeness (QED) is 0.160. The molecule has 1 aromatic heterocycles. The third kappa shape index (κ3) is 5.79. The minimum absolute atomic E-state index is 0.133. The Morgan fingerprint density at radius 1 is 0.349 bits per heavy atom. The van der Waals surface area contributed by atoms with Crippen LogP contribution in [0.3, 0.4) is 0 Å². The van der Waals surface area contributed by atoms with Gasteiger partial charge in [0, 0.05) is 38.4 Å². The van der Waals surface area contributed by atoms with Crippen molar-refractivity contribution in [2.75, 3.05) is 4.90 Å². The second-order valence-corrected chi connectivity index (χ2v) is 17.1. The fourth-order valence-corrected chi connectivity index (χ4v) is 10.4. The summed E-state index contributed by atoms with van der Waals surface area (Å²) < 4.78 is 6.76. The third-order valence-electron chi connectivity index (χ3n) is 13.3. The fourth-order valence-electron chi connectivity index (χ4n) is 10.4. The molecule has 298 valence electrons. The highest BCUT2D eigenvalue weighted by molar-refractivity contribution is 6.13. The maximum atomic E-state index is 6.76. The molecule has 0 amide bonds. The van der Waals surface area contributed by atoms with E-state index < -0.39 is 0 Å². The van der Waals surface area contributed by atoms with Crippen LogP contribution in [0.15, 0.2) is 229 Å². The second-order valence-electron chi connectivity index (χ2n) is 17.1. The van der Waals surface area contributed by atoms with Crippen molar-refractivity contribution < 1.29 is 4.42 Å². The molecular formula is C61H43NO. The summed E-state index contributed by atoms with van der Waals surface area (Å²) in [6.45, 7) is 4.72. The van der Waals surface area contributed by atoms with E-state index in [4.69, 9.17) is 4.42 Å². The van der Waals surface area contributed by atoms with E-state index >= 15 is 0 Å². The van der Waals surface area contributed by atoms with Crippen molar-refractivity contribution >= 4 is 49.8 Å². The Morgan fingerprint density at radius 3 is 1.56 bits per heavy atom. The van der Waals surface area contributed by atoms with Gasteiger partial charge in [0.05, 0.1) is 17.1 Å². The molecule has 0 unspecified atom stereocenters. The molecule has 12 rings (SSSR count). The zero-order chi connectivity index (χ0) is 42.1. The molecule has 1 aliphatic rings. The standard InChI is InChI=1S/C61H43NO/c1-61(2)52-34-11-6-28-51(52)59-48(31-19-35-53(59)61)44-25-8-13-37-55(44)62(56-38-14-9-26-45(56)49-32-18-33-50-46-27-10-15-39-57(46)63-60(49)50)54-36-12-7-24-43(54)47-30-17-23-41-22-16-29-42(58(41)47)40-20-4-3-5-21-40/h3-39H,1-2H3. The van der Waals surface area contributed by atoms with Crippen molar-refractivity contribution in [1.29, 1.82) is 0 Å². The van der Waals surface area contributed by atoms with Crippen LogP contribution in [0.25, 0.3) is 88.3 Å². The molecule has 0 radical (unpaired) electrons. The monoisotopic (exact) mass is 805 g/mol. The molecule has 2 nitrogen and oxygen atoms in total. The Labute approximate surface area is 368 Å². The molecule has 1 heterocycles. The Morgan fingerprint density at radius 2 is 0.825 bits per heavy atom. The molecule has 2 heteroatoms. The number of furan rings is 1. The molecule has 0 saturated heterocycles. The molecule has 0 saturated carbocycles. The van der Waals surface area contributed by atoms with Crippen LogP contribution >= 0.6 is 0 Å². The SMILES string of the molecule is CC1(C)c2ccccc2-c2c(-c3ccccc3N(c3ccccc3-c3cccc4c3oc3ccccc34)c3ccccc3-c3cccc4cccc(-c5ccccc5)c34)cccc21. The maximum Gasteiger partial charge on any atom is 0.143 e. The van der Waals surface area contributed by atoms with Gasteiger partial charge in [0.1, 0.15) is 11.2 Å². The van der Waals surface area contributed by atoms with E-state index in [1.54, 1.807) is 0 Å². The summed E-state index contributed by atoms with van der Waals surface area (Å²) >= 11 is 0. The fraction of sp³-hybridized carbons (Fsp3) is 0.0492. The Kier molecular flexibility index (Phi) is 8.55. The lowest BCUT2D eigenvalue weighted by Gasteiger charge is -2.32. The summed E-state index contributed by atoms with van der Waals surface area (Å²) in [5.74, 6) is 0. The number of fused-ring (bicyclic) bond motifs is 7. The van der Waals surface area contributed by atoms with Crippen LogP contribution < -0.4 is 4.90 Å². The predicted octanol–water partition coefficient (Wildman–Crippen LogP) is 17.2. The van der Waals surface area contributed by atoms with Crippen molar-refractivity contribution in [3.63, 3.8) is 0 Å². The molecule has 1 aliphatic carbocycles. The third-order valence-corrected chi connectivity index (χ3v) is 13.3. The lowest BCUT2D eigenvalue weighted by atomic mass is 9.82. The van der Waals surface area contributed by atoms with E-state index in [2.05, 4.69) is 237 Å². The zero-order valence-electron chi connectivity index (χ0n) is 35.2. The van der Waals surface area contributed by atoms with Gasteiger partial charge in [-0.05, 0) is 79.5 Å². The van der Waals surface area contributed by atoms with Gasteiger partial charge in [-0.2, -0.15) is 0 Å². The first-order valence-electron chi connectivity index (χ1n) is 21.9. The van der Waals surface area contributed by atoms with E-state index in [9.17, 15) is 0 Å². The maximum absolute atomic E-state index is 6.76. The van der Waals surface area contributed by atoms with Gasteiger partial charge in [0.25, 0.3) is 0 Å². The highest BCUT2D eigenvalue weighted by Crippen LogP contribution is 2.55. The zero-order valence-corrected chi connectivity index (χ0v) is 35.2. The van der Waals surface area contributed by atoms with Gasteiger partial charge in [-0.1, -0.05) is 214 Å². The number of nitrogens with zero attached hydrogens (tertiary/aromatic N) is 1. The normalized spacial score (nSPS) is 12.7. The van der Waals surface area contributed by atoms with Gasteiger partial charge in [-0.25, -0.2) is 0 Å². The summed E-state index contributed by atoms with van der Waals surface area (Å²) in [6, 6.07) is 81.7. The number of anilines is 3. The average molecular weight is 806 g/mol. The van der Waals surface area contributed by atoms with Crippen molar-refractivity contribution in [2.45, 2.75) is 19.3 Å². The number of benzene rings is 10. The first kappa shape index (κ1) is 36.9. The van der Waals surface area contributed by atoms with Crippen LogP contribution in [0.5, 0.6) is 0 Å². The van der Waals surface area contributed by atoms with Gasteiger partial charge in [-0.3, -0.25) is 0 Å². The smallest absolute Gasteiger partial charge is 0.143 e. The lowest BCUT2D eigenvalue weighted by Crippen LogP contribution is -2.15. The van der Waals surface area contributed by atoms with Crippen LogP contribution in [0, 0.1) is 0 Å². The summed E-state index contributed by atoms with van der Waals surface area (Å²) in [5, 5.41) is 4.65. The second kappa shape index (κ2) is 14.6. The van der Waals surface area contributed by atoms with Crippen LogP contribution in [0.4, 0.5) is 17.1 Å². The van der Waals surface area contributed by atoms with Gasteiger partial charge in [-0.15, -0.1) is 0 Å². The van der Waals surface area contributed by atoms with Gasteiger partial charge < -0.3 is 9.32 Å². The van der Waals surface area contributed by atoms with Gasteiger partial charge in [0.2, 0.25) is 0 Å². The number of rotatable bonds is 7. The summed E-state index contributed by atoms with van der Waals surface area (Å²) in [5.41, 5.74) is 19.4. The van der Waals surface area contributed by atoms with Crippen LogP contribution in [-0.4, -0.2) is 0 Å². The molecule has 63 heavy (non-hydrogen) atoms. The molecule has 0 aliphatic heterocycles. The van der Waals surface area contributed by atoms with Crippen LogP contribution in [0.1, 0.15) is 25.0 Å². The Bertz CT molecular complexity index is 3550. The summed E-state index contributed by atoms with van der Waals surface area (Å²) in [7, 11) is 0. The van der Waals surface area contributed by atoms with E-state index in [-0.39, 0.29) is 5.41 Å². The van der Waals surface area contributed by atoms with Gasteiger partial charge >= 0.3 is 0 Å². The first-order valence-corrected chi connectivity index (χ1v) is 21.9. The van der Waals surface area contributed by atoms with Crippen molar-refractivity contribution in [3.05, 3.63) is 236 Å². The summed E-state index contributed by atoms with van der Waals surface area (Å²) in [4.78, 5) is 2.51. The number of hydrogen-bond donors (Lipinski definition) is 0. The molecule has 0 atom stereocenters. The largest absolute Gasteiger partial charge is 0.455 e.